The molecule has 0 bridgehead atoms. The molecule has 8 heteroatoms. The third kappa shape index (κ3) is 3.38. The van der Waals surface area contributed by atoms with E-state index in [1.807, 2.05) is 0 Å². The van der Waals surface area contributed by atoms with E-state index in [1.165, 1.54) is 23.5 Å². The Hall–Kier alpha value is -1.12. The van der Waals surface area contributed by atoms with E-state index in [0.717, 1.165) is 0 Å². The fourth-order valence-electron chi connectivity index (χ4n) is 2.12. The Labute approximate surface area is 132 Å². The molecule has 0 aromatic heterocycles. The predicted molar refractivity (Wildman–Crippen MR) is 81.7 cm³/mol. The zero-order chi connectivity index (χ0) is 15.6. The van der Waals surface area contributed by atoms with Crippen LogP contribution in [0.1, 0.15) is 6.42 Å². The summed E-state index contributed by atoms with van der Waals surface area (Å²) < 4.78 is 32.2. The summed E-state index contributed by atoms with van der Waals surface area (Å²) in [7, 11) is -0.494. The summed E-state index contributed by atoms with van der Waals surface area (Å²) in [5, 5.41) is 0. The highest BCUT2D eigenvalue weighted by atomic mass is 79.9. The molecule has 1 amide bonds. The molecule has 2 rings (SSSR count). The SMILES string of the molecule is COc1ccc(S(=O)(=O)N2CCCN(C)C(=O)C2)cc1Br. The number of carbonyl (C=O) groups is 1. The van der Waals surface area contributed by atoms with E-state index in [-0.39, 0.29) is 17.3 Å². The van der Waals surface area contributed by atoms with Crippen molar-refractivity contribution in [2.24, 2.45) is 0 Å². The van der Waals surface area contributed by atoms with Gasteiger partial charge in [-0.15, -0.1) is 0 Å². The second-order valence-electron chi connectivity index (χ2n) is 4.80. The van der Waals surface area contributed by atoms with Crippen LogP contribution >= 0.6 is 15.9 Å². The fourth-order valence-corrected chi connectivity index (χ4v) is 4.27. The number of nitrogens with zero attached hydrogens (tertiary/aromatic N) is 2. The van der Waals surface area contributed by atoms with Crippen LogP contribution in [0.25, 0.3) is 0 Å². The van der Waals surface area contributed by atoms with Gasteiger partial charge in [-0.25, -0.2) is 8.42 Å². The molecule has 1 aliphatic heterocycles. The van der Waals surface area contributed by atoms with Crippen LogP contribution in [0, 0.1) is 0 Å². The normalized spacial score (nSPS) is 17.7. The van der Waals surface area contributed by atoms with Crippen molar-refractivity contribution in [3.63, 3.8) is 0 Å². The van der Waals surface area contributed by atoms with Crippen molar-refractivity contribution < 1.29 is 17.9 Å². The van der Waals surface area contributed by atoms with E-state index in [1.54, 1.807) is 18.0 Å². The van der Waals surface area contributed by atoms with E-state index in [4.69, 9.17) is 4.74 Å². The summed E-state index contributed by atoms with van der Waals surface area (Å²) in [4.78, 5) is 13.6. The van der Waals surface area contributed by atoms with Crippen molar-refractivity contribution in [1.82, 2.24) is 9.21 Å². The Kier molecular flexibility index (Phi) is 4.90. The average Bonchev–Trinajstić information content (AvgIpc) is 2.61. The molecular weight excluding hydrogens is 360 g/mol. The maximum atomic E-state index is 12.6. The van der Waals surface area contributed by atoms with Crippen molar-refractivity contribution in [2.75, 3.05) is 33.8 Å². The molecule has 1 aromatic rings. The first-order valence-corrected chi connectivity index (χ1v) is 8.67. The van der Waals surface area contributed by atoms with Crippen molar-refractivity contribution >= 4 is 31.9 Å². The summed E-state index contributed by atoms with van der Waals surface area (Å²) >= 11 is 3.28. The van der Waals surface area contributed by atoms with Gasteiger partial charge in [0, 0.05) is 20.1 Å². The van der Waals surface area contributed by atoms with E-state index in [2.05, 4.69) is 15.9 Å². The minimum atomic E-state index is -3.69. The highest BCUT2D eigenvalue weighted by molar-refractivity contribution is 9.10. The Morgan fingerprint density at radius 3 is 2.62 bits per heavy atom. The molecule has 6 nitrogen and oxygen atoms in total. The largest absolute Gasteiger partial charge is 0.496 e. The number of methoxy groups -OCH3 is 1. The third-order valence-electron chi connectivity index (χ3n) is 3.40. The summed E-state index contributed by atoms with van der Waals surface area (Å²) in [5.74, 6) is 0.365. The lowest BCUT2D eigenvalue weighted by atomic mass is 10.3. The van der Waals surface area contributed by atoms with Crippen molar-refractivity contribution in [1.29, 1.82) is 0 Å². The van der Waals surface area contributed by atoms with E-state index in [0.29, 0.717) is 29.7 Å². The number of likely N-dealkylation sites (N-methyl/N-ethyl adjacent to an activating group) is 1. The van der Waals surface area contributed by atoms with Crippen LogP contribution in [0.5, 0.6) is 5.75 Å². The van der Waals surface area contributed by atoms with Gasteiger partial charge < -0.3 is 9.64 Å². The number of halogens is 1. The summed E-state index contributed by atoms with van der Waals surface area (Å²) in [5.41, 5.74) is 0. The van der Waals surface area contributed by atoms with Gasteiger partial charge in [0.2, 0.25) is 15.9 Å². The smallest absolute Gasteiger partial charge is 0.243 e. The minimum Gasteiger partial charge on any atom is -0.496 e. The minimum absolute atomic E-state index is 0.123. The van der Waals surface area contributed by atoms with Crippen molar-refractivity contribution in [2.45, 2.75) is 11.3 Å². The lowest BCUT2D eigenvalue weighted by Crippen LogP contribution is -2.38. The number of amides is 1. The average molecular weight is 377 g/mol. The van der Waals surface area contributed by atoms with Gasteiger partial charge in [0.15, 0.2) is 0 Å². The molecule has 0 spiro atoms. The standard InChI is InChI=1S/C13H17BrN2O4S/c1-15-6-3-7-16(9-13(15)17)21(18,19)10-4-5-12(20-2)11(14)8-10/h4-5,8H,3,6-7,9H2,1-2H3. The molecule has 0 saturated carbocycles. The van der Waals surface area contributed by atoms with Gasteiger partial charge in [0.05, 0.1) is 23.0 Å². The van der Waals surface area contributed by atoms with Crippen LogP contribution in [0.4, 0.5) is 0 Å². The number of rotatable bonds is 3. The molecule has 21 heavy (non-hydrogen) atoms. The Bertz CT molecular complexity index is 648. The van der Waals surface area contributed by atoms with Crippen LogP contribution in [-0.2, 0) is 14.8 Å². The zero-order valence-corrected chi connectivity index (χ0v) is 14.3. The molecule has 0 aliphatic carbocycles. The van der Waals surface area contributed by atoms with Gasteiger partial charge in [-0.3, -0.25) is 4.79 Å². The van der Waals surface area contributed by atoms with Crippen LogP contribution in [-0.4, -0.2) is 57.3 Å². The lowest BCUT2D eigenvalue weighted by Gasteiger charge is -2.20. The number of benzene rings is 1. The van der Waals surface area contributed by atoms with Crippen LogP contribution in [0.2, 0.25) is 0 Å². The van der Waals surface area contributed by atoms with Gasteiger partial charge in [0.1, 0.15) is 5.75 Å². The summed E-state index contributed by atoms with van der Waals surface area (Å²) in [6.07, 6.45) is 0.624. The molecule has 1 aromatic carbocycles. The van der Waals surface area contributed by atoms with Crippen molar-refractivity contribution in [3.8, 4) is 5.75 Å². The van der Waals surface area contributed by atoms with Gasteiger partial charge in [-0.05, 0) is 40.5 Å². The van der Waals surface area contributed by atoms with Crippen LogP contribution < -0.4 is 4.74 Å². The fraction of sp³-hybridized carbons (Fsp3) is 0.462. The monoisotopic (exact) mass is 376 g/mol. The molecule has 0 radical (unpaired) electrons. The van der Waals surface area contributed by atoms with E-state index < -0.39 is 10.0 Å². The highest BCUT2D eigenvalue weighted by Crippen LogP contribution is 2.29. The molecule has 116 valence electrons. The lowest BCUT2D eigenvalue weighted by molar-refractivity contribution is -0.129. The van der Waals surface area contributed by atoms with Gasteiger partial charge in [0.25, 0.3) is 0 Å². The second kappa shape index (κ2) is 6.33. The zero-order valence-electron chi connectivity index (χ0n) is 11.9. The molecule has 0 unspecified atom stereocenters. The summed E-state index contributed by atoms with van der Waals surface area (Å²) in [6.45, 7) is 0.779. The maximum absolute atomic E-state index is 12.6. The third-order valence-corrected chi connectivity index (χ3v) is 5.86. The Balaban J connectivity index is 2.33. The van der Waals surface area contributed by atoms with Crippen LogP contribution in [0.15, 0.2) is 27.6 Å². The predicted octanol–water partition coefficient (Wildman–Crippen LogP) is 1.31. The molecule has 1 aliphatic rings. The molecule has 1 saturated heterocycles. The first kappa shape index (κ1) is 16.3. The van der Waals surface area contributed by atoms with E-state index in [9.17, 15) is 13.2 Å². The topological polar surface area (TPSA) is 66.9 Å². The quantitative estimate of drug-likeness (QED) is 0.797. The maximum Gasteiger partial charge on any atom is 0.243 e. The number of hydrogen-bond donors (Lipinski definition) is 0. The Morgan fingerprint density at radius 1 is 1.29 bits per heavy atom. The molecule has 1 heterocycles. The van der Waals surface area contributed by atoms with Gasteiger partial charge >= 0.3 is 0 Å². The first-order chi connectivity index (χ1) is 9.86. The molecule has 0 N–H and O–H groups in total. The van der Waals surface area contributed by atoms with Gasteiger partial charge in [-0.2, -0.15) is 4.31 Å². The second-order valence-corrected chi connectivity index (χ2v) is 7.60. The molecule has 1 fully saturated rings. The number of ether oxygens (including phenoxy) is 1. The molecular formula is C13H17BrN2O4S. The van der Waals surface area contributed by atoms with Gasteiger partial charge in [-0.1, -0.05) is 0 Å². The number of sulfonamides is 1. The van der Waals surface area contributed by atoms with E-state index >= 15 is 0 Å². The number of hydrogen-bond acceptors (Lipinski definition) is 4. The Morgan fingerprint density at radius 2 is 2.00 bits per heavy atom. The van der Waals surface area contributed by atoms with Crippen LogP contribution in [0.3, 0.4) is 0 Å². The summed E-state index contributed by atoms with van der Waals surface area (Å²) in [6, 6.07) is 4.56. The van der Waals surface area contributed by atoms with Crippen molar-refractivity contribution in [3.05, 3.63) is 22.7 Å². The number of carbonyl (C=O) groups excluding carboxylic acids is 1. The first-order valence-electron chi connectivity index (χ1n) is 6.44. The molecule has 0 atom stereocenters. The highest BCUT2D eigenvalue weighted by Gasteiger charge is 2.30.